The van der Waals surface area contributed by atoms with Gasteiger partial charge in [0.2, 0.25) is 5.91 Å². The monoisotopic (exact) mass is 352 g/mol. The van der Waals surface area contributed by atoms with Crippen LogP contribution in [0.25, 0.3) is 0 Å². The average Bonchev–Trinajstić information content (AvgIpc) is 3.24. The molecule has 1 fully saturated rings. The lowest BCUT2D eigenvalue weighted by atomic mass is 10.1. The number of rotatable bonds is 8. The second-order valence-corrected chi connectivity index (χ2v) is 5.47. The number of carbonyl (C=O) groups is 4. The third-order valence-electron chi connectivity index (χ3n) is 3.07. The Morgan fingerprint density at radius 3 is 2.35 bits per heavy atom. The van der Waals surface area contributed by atoms with Gasteiger partial charge in [-0.3, -0.25) is 19.8 Å². The molecule has 0 aromatic rings. The van der Waals surface area contributed by atoms with Crippen molar-refractivity contribution in [3.63, 3.8) is 0 Å². The van der Waals surface area contributed by atoms with E-state index in [1.54, 1.807) is 0 Å². The molecule has 5 N–H and O–H groups in total. The minimum absolute atomic E-state index is 0.210. The maximum Gasteiger partial charge on any atom is 0.405 e. The highest BCUT2D eigenvalue weighted by Crippen LogP contribution is 2.34. The first-order chi connectivity index (χ1) is 10.7. The molecule has 0 saturated heterocycles. The third kappa shape index (κ3) is 7.13. The first-order valence-electron chi connectivity index (χ1n) is 6.85. The second-order valence-electron chi connectivity index (χ2n) is 5.09. The Morgan fingerprint density at radius 1 is 1.30 bits per heavy atom. The largest absolute Gasteiger partial charge is 0.436 e. The van der Waals surface area contributed by atoms with Crippen LogP contribution in [0.4, 0.5) is 9.18 Å². The fourth-order valence-corrected chi connectivity index (χ4v) is 1.89. The van der Waals surface area contributed by atoms with Gasteiger partial charge >= 0.3 is 6.09 Å². The van der Waals surface area contributed by atoms with E-state index in [0.717, 1.165) is 12.8 Å². The molecule has 0 aliphatic heterocycles. The van der Waals surface area contributed by atoms with Gasteiger partial charge in [0.05, 0.1) is 6.54 Å². The van der Waals surface area contributed by atoms with Gasteiger partial charge in [-0.25, -0.2) is 14.2 Å². The van der Waals surface area contributed by atoms with Gasteiger partial charge in [-0.05, 0) is 12.3 Å². The molecule has 0 heterocycles. The molecule has 1 aliphatic rings. The summed E-state index contributed by atoms with van der Waals surface area (Å²) in [6, 6.07) is 0. The van der Waals surface area contributed by atoms with Gasteiger partial charge in [-0.15, -0.1) is 0 Å². The highest BCUT2D eigenvalue weighted by molar-refractivity contribution is 6.29. The topological polar surface area (TPSA) is 145 Å². The number of primary amides is 2. The summed E-state index contributed by atoms with van der Waals surface area (Å²) in [5.74, 6) is -2.69. The number of hydrogen-bond donors (Lipinski definition) is 3. The molecular weight excluding hydrogens is 335 g/mol. The summed E-state index contributed by atoms with van der Waals surface area (Å²) in [5.41, 5.74) is 9.50. The van der Waals surface area contributed by atoms with Gasteiger partial charge < -0.3 is 16.2 Å². The summed E-state index contributed by atoms with van der Waals surface area (Å²) in [5, 5.41) is 0.523. The van der Waals surface area contributed by atoms with Crippen LogP contribution >= 0.6 is 11.6 Å². The van der Waals surface area contributed by atoms with Gasteiger partial charge in [-0.1, -0.05) is 24.4 Å². The maximum atomic E-state index is 13.0. The van der Waals surface area contributed by atoms with Gasteiger partial charge in [0.15, 0.2) is 6.10 Å². The van der Waals surface area contributed by atoms with E-state index in [9.17, 15) is 23.6 Å². The molecule has 1 aliphatic carbocycles. The number of halogens is 2. The predicted molar refractivity (Wildman–Crippen MR) is 76.2 cm³/mol. The van der Waals surface area contributed by atoms with Crippen molar-refractivity contribution in [2.24, 2.45) is 17.4 Å². The van der Waals surface area contributed by atoms with E-state index >= 15 is 0 Å². The van der Waals surface area contributed by atoms with Crippen molar-refractivity contribution in [3.05, 3.63) is 0 Å². The molecule has 2 unspecified atom stereocenters. The van der Waals surface area contributed by atoms with Crippen LogP contribution in [0.1, 0.15) is 25.7 Å². The van der Waals surface area contributed by atoms with Crippen LogP contribution in [-0.4, -0.2) is 47.1 Å². The van der Waals surface area contributed by atoms with Crippen LogP contribution in [-0.2, 0) is 19.1 Å². The fraction of sp³-hybridized carbons (Fsp3) is 0.667. The van der Waals surface area contributed by atoms with Gasteiger partial charge in [0.25, 0.3) is 17.4 Å². The number of alkyl halides is 2. The zero-order valence-electron chi connectivity index (χ0n) is 12.2. The molecule has 0 spiro atoms. The molecule has 23 heavy (non-hydrogen) atoms. The zero-order valence-corrected chi connectivity index (χ0v) is 12.9. The van der Waals surface area contributed by atoms with E-state index in [4.69, 9.17) is 27.8 Å². The van der Waals surface area contributed by atoms with E-state index in [1.807, 2.05) is 0 Å². The molecule has 11 heteroatoms. The van der Waals surface area contributed by atoms with Gasteiger partial charge in [0, 0.05) is 6.42 Å². The smallest absolute Gasteiger partial charge is 0.405 e. The Kier molecular flexibility index (Phi) is 7.01. The lowest BCUT2D eigenvalue weighted by Crippen LogP contribution is -2.53. The number of ether oxygens (including phenoxy) is 1. The highest BCUT2D eigenvalue weighted by atomic mass is 35.5. The molecule has 0 radical (unpaired) electrons. The van der Waals surface area contributed by atoms with Crippen molar-refractivity contribution in [2.75, 3.05) is 6.54 Å². The molecule has 0 bridgehead atoms. The van der Waals surface area contributed by atoms with Crippen molar-refractivity contribution >= 4 is 35.4 Å². The third-order valence-corrected chi connectivity index (χ3v) is 3.26. The molecule has 0 aromatic carbocycles. The Labute approximate surface area is 136 Å². The first-order valence-corrected chi connectivity index (χ1v) is 7.28. The van der Waals surface area contributed by atoms with Crippen LogP contribution < -0.4 is 16.9 Å². The zero-order chi connectivity index (χ0) is 17.6. The van der Waals surface area contributed by atoms with E-state index in [2.05, 4.69) is 5.43 Å². The molecule has 2 atom stereocenters. The van der Waals surface area contributed by atoms with Crippen LogP contribution in [0.3, 0.4) is 0 Å². The summed E-state index contributed by atoms with van der Waals surface area (Å²) in [6.45, 7) is -0.375. The maximum absolute atomic E-state index is 13.0. The number of nitrogens with one attached hydrogen (secondary N) is 1. The minimum atomic E-state index is -2.41. The Morgan fingerprint density at radius 2 is 1.91 bits per heavy atom. The van der Waals surface area contributed by atoms with Crippen LogP contribution in [0.15, 0.2) is 0 Å². The molecular formula is C12H18ClFN4O5. The van der Waals surface area contributed by atoms with Crippen molar-refractivity contribution < 1.29 is 28.3 Å². The summed E-state index contributed by atoms with van der Waals surface area (Å²) >= 11 is 5.05. The standard InChI is InChI=1S/C12H18ClFN4O5/c13-9(14)11(21)18(4-3-8(15)19)17-10(20)7(23-12(16)22)5-6-1-2-6/h6-7,9H,1-5H2,(H2,15,19)(H2,16,22)(H,17,20). The van der Waals surface area contributed by atoms with Crippen molar-refractivity contribution in [3.8, 4) is 0 Å². The SMILES string of the molecule is NC(=O)CCN(NC(=O)C(CC1CC1)OC(N)=O)C(=O)C(F)Cl. The normalized spacial score (nSPS) is 16.1. The Balaban J connectivity index is 2.72. The molecule has 0 aromatic heterocycles. The fourth-order valence-electron chi connectivity index (χ4n) is 1.77. The Bertz CT molecular complexity index is 486. The van der Waals surface area contributed by atoms with Gasteiger partial charge in [-0.2, -0.15) is 0 Å². The number of hydrogen-bond acceptors (Lipinski definition) is 5. The van der Waals surface area contributed by atoms with E-state index in [-0.39, 0.29) is 25.3 Å². The number of nitrogens with zero attached hydrogens (tertiary/aromatic N) is 1. The number of hydrazine groups is 1. The lowest BCUT2D eigenvalue weighted by molar-refractivity contribution is -0.147. The van der Waals surface area contributed by atoms with Crippen molar-refractivity contribution in [1.29, 1.82) is 0 Å². The first kappa shape index (κ1) is 18.9. The van der Waals surface area contributed by atoms with Crippen molar-refractivity contribution in [2.45, 2.75) is 37.4 Å². The van der Waals surface area contributed by atoms with Crippen LogP contribution in [0.5, 0.6) is 0 Å². The highest BCUT2D eigenvalue weighted by Gasteiger charge is 2.33. The average molecular weight is 353 g/mol. The van der Waals surface area contributed by atoms with Gasteiger partial charge in [0.1, 0.15) is 0 Å². The lowest BCUT2D eigenvalue weighted by Gasteiger charge is -2.25. The molecule has 4 amide bonds. The quantitative estimate of drug-likeness (QED) is 0.399. The predicted octanol–water partition coefficient (Wildman–Crippen LogP) is -0.480. The Hall–Kier alpha value is -2.10. The molecule has 1 rings (SSSR count). The van der Waals surface area contributed by atoms with Crippen LogP contribution in [0.2, 0.25) is 0 Å². The number of nitrogens with two attached hydrogens (primary N) is 2. The minimum Gasteiger partial charge on any atom is -0.436 e. The van der Waals surface area contributed by atoms with E-state index in [0.29, 0.717) is 5.01 Å². The number of amides is 4. The van der Waals surface area contributed by atoms with E-state index in [1.165, 1.54) is 0 Å². The van der Waals surface area contributed by atoms with E-state index < -0.39 is 35.5 Å². The molecule has 9 nitrogen and oxygen atoms in total. The molecule has 130 valence electrons. The summed E-state index contributed by atoms with van der Waals surface area (Å²) in [4.78, 5) is 45.3. The van der Waals surface area contributed by atoms with Crippen molar-refractivity contribution in [1.82, 2.24) is 10.4 Å². The summed E-state index contributed by atoms with van der Waals surface area (Å²) < 4.78 is 17.7. The second kappa shape index (κ2) is 8.51. The summed E-state index contributed by atoms with van der Waals surface area (Å²) in [7, 11) is 0. The number of carbonyl (C=O) groups excluding carboxylic acids is 4. The summed E-state index contributed by atoms with van der Waals surface area (Å²) in [6.07, 6.45) is -0.708. The molecule has 1 saturated carbocycles. The van der Waals surface area contributed by atoms with Crippen LogP contribution in [0, 0.1) is 5.92 Å².